The zero-order valence-corrected chi connectivity index (χ0v) is 17.9. The summed E-state index contributed by atoms with van der Waals surface area (Å²) >= 11 is 0. The summed E-state index contributed by atoms with van der Waals surface area (Å²) < 4.78 is 5.15. The van der Waals surface area contributed by atoms with Crippen LogP contribution < -0.4 is 15.0 Å². The molecule has 0 aromatic heterocycles. The van der Waals surface area contributed by atoms with Gasteiger partial charge in [0.1, 0.15) is 5.75 Å². The van der Waals surface area contributed by atoms with E-state index in [0.29, 0.717) is 25.1 Å². The highest BCUT2D eigenvalue weighted by atomic mass is 16.5. The summed E-state index contributed by atoms with van der Waals surface area (Å²) in [5.74, 6) is 0.744. The van der Waals surface area contributed by atoms with Crippen LogP contribution in [-0.4, -0.2) is 25.5 Å². The van der Waals surface area contributed by atoms with Crippen LogP contribution in [0.25, 0.3) is 0 Å². The highest BCUT2D eigenvalue weighted by Crippen LogP contribution is 2.30. The zero-order chi connectivity index (χ0) is 21.8. The van der Waals surface area contributed by atoms with Gasteiger partial charge in [-0.1, -0.05) is 42.0 Å². The fraction of sp³-hybridized carbons (Fsp3) is 0.231. The van der Waals surface area contributed by atoms with E-state index in [9.17, 15) is 9.59 Å². The van der Waals surface area contributed by atoms with Crippen molar-refractivity contribution in [2.24, 2.45) is 0 Å². The molecular formula is C26H26N2O3. The molecule has 1 heterocycles. The molecule has 0 aliphatic carbocycles. The van der Waals surface area contributed by atoms with E-state index in [4.69, 9.17) is 4.74 Å². The first-order chi connectivity index (χ1) is 15.0. The Balaban J connectivity index is 1.41. The van der Waals surface area contributed by atoms with Crippen LogP contribution in [0.3, 0.4) is 0 Å². The number of amides is 2. The van der Waals surface area contributed by atoms with Crippen molar-refractivity contribution >= 4 is 17.5 Å². The molecule has 0 saturated carbocycles. The first-order valence-electron chi connectivity index (χ1n) is 10.4. The smallest absolute Gasteiger partial charge is 0.258 e. The molecule has 5 heteroatoms. The Labute approximate surface area is 182 Å². The number of aryl methyl sites for hydroxylation is 1. The van der Waals surface area contributed by atoms with E-state index < -0.39 is 0 Å². The van der Waals surface area contributed by atoms with Gasteiger partial charge in [-0.25, -0.2) is 0 Å². The second-order valence-corrected chi connectivity index (χ2v) is 7.84. The summed E-state index contributed by atoms with van der Waals surface area (Å²) in [5.41, 5.74) is 5.78. The van der Waals surface area contributed by atoms with Crippen molar-refractivity contribution in [3.63, 3.8) is 0 Å². The third-order valence-electron chi connectivity index (χ3n) is 5.57. The molecule has 3 aromatic rings. The molecule has 4 rings (SSSR count). The Morgan fingerprint density at radius 3 is 2.52 bits per heavy atom. The molecule has 0 spiro atoms. The summed E-state index contributed by atoms with van der Waals surface area (Å²) in [5, 5.41) is 2.98. The number of nitrogens with one attached hydrogen (secondary N) is 1. The lowest BCUT2D eigenvalue weighted by Crippen LogP contribution is -2.29. The van der Waals surface area contributed by atoms with Crippen LogP contribution in [0.1, 0.15) is 32.6 Å². The molecule has 5 nitrogen and oxygen atoms in total. The quantitative estimate of drug-likeness (QED) is 0.662. The second-order valence-electron chi connectivity index (χ2n) is 7.84. The number of benzene rings is 3. The lowest BCUT2D eigenvalue weighted by Gasteiger charge is -2.18. The van der Waals surface area contributed by atoms with E-state index in [2.05, 4.69) is 11.4 Å². The second kappa shape index (κ2) is 9.04. The van der Waals surface area contributed by atoms with Gasteiger partial charge in [0.05, 0.1) is 13.5 Å². The molecular weight excluding hydrogens is 388 g/mol. The lowest BCUT2D eigenvalue weighted by molar-refractivity contribution is -0.120. The van der Waals surface area contributed by atoms with Gasteiger partial charge in [0.2, 0.25) is 5.91 Å². The minimum atomic E-state index is -0.0432. The number of hydrogen-bond acceptors (Lipinski definition) is 3. The molecule has 158 valence electrons. The third kappa shape index (κ3) is 4.77. The summed E-state index contributed by atoms with van der Waals surface area (Å²) in [6.45, 7) is 3.09. The molecule has 0 fully saturated rings. The fourth-order valence-corrected chi connectivity index (χ4v) is 3.87. The van der Waals surface area contributed by atoms with Gasteiger partial charge < -0.3 is 15.0 Å². The highest BCUT2D eigenvalue weighted by Gasteiger charge is 2.25. The first kappa shape index (κ1) is 20.7. The topological polar surface area (TPSA) is 58.6 Å². The number of rotatable bonds is 6. The molecule has 31 heavy (non-hydrogen) atoms. The summed E-state index contributed by atoms with van der Waals surface area (Å²) in [6, 6.07) is 21.3. The maximum Gasteiger partial charge on any atom is 0.258 e. The van der Waals surface area contributed by atoms with Gasteiger partial charge in [-0.3, -0.25) is 9.59 Å². The van der Waals surface area contributed by atoms with Crippen LogP contribution in [0.5, 0.6) is 5.75 Å². The van der Waals surface area contributed by atoms with Gasteiger partial charge in [-0.15, -0.1) is 0 Å². The largest absolute Gasteiger partial charge is 0.497 e. The molecule has 1 aliphatic heterocycles. The monoisotopic (exact) mass is 414 g/mol. The molecule has 2 amide bonds. The average Bonchev–Trinajstić information content (AvgIpc) is 3.21. The van der Waals surface area contributed by atoms with Crippen molar-refractivity contribution in [3.05, 3.63) is 94.5 Å². The zero-order valence-electron chi connectivity index (χ0n) is 17.9. The molecule has 0 radical (unpaired) electrons. The third-order valence-corrected chi connectivity index (χ3v) is 5.57. The molecule has 1 N–H and O–H groups in total. The summed E-state index contributed by atoms with van der Waals surface area (Å²) in [7, 11) is 1.62. The minimum absolute atomic E-state index is 0.0168. The SMILES string of the molecule is COc1ccc(CC(=O)NCc2ccc3c(c2)N(C(=O)c2cccc(C)c2)CC3)cc1. The Morgan fingerprint density at radius 1 is 1.00 bits per heavy atom. The number of carbonyl (C=O) groups excluding carboxylic acids is 2. The average molecular weight is 415 g/mol. The van der Waals surface area contributed by atoms with E-state index in [0.717, 1.165) is 40.1 Å². The standard InChI is InChI=1S/C26H26N2O3/c1-18-4-3-5-22(14-18)26(30)28-13-12-21-9-6-20(15-24(21)28)17-27-25(29)16-19-7-10-23(31-2)11-8-19/h3-11,14-15H,12-13,16-17H2,1-2H3,(H,27,29). The Hall–Kier alpha value is -3.60. The first-order valence-corrected chi connectivity index (χ1v) is 10.4. The molecule has 0 bridgehead atoms. The summed E-state index contributed by atoms with van der Waals surface area (Å²) in [6.07, 6.45) is 1.16. The van der Waals surface area contributed by atoms with Crippen LogP contribution in [0.4, 0.5) is 5.69 Å². The van der Waals surface area contributed by atoms with Gasteiger partial charge in [0, 0.05) is 24.3 Å². The molecule has 0 saturated heterocycles. The van der Waals surface area contributed by atoms with Crippen molar-refractivity contribution < 1.29 is 14.3 Å². The Bertz CT molecular complexity index is 1110. The molecule has 0 unspecified atom stereocenters. The fourth-order valence-electron chi connectivity index (χ4n) is 3.87. The Morgan fingerprint density at radius 2 is 1.77 bits per heavy atom. The predicted octanol–water partition coefficient (Wildman–Crippen LogP) is 4.07. The maximum absolute atomic E-state index is 13.0. The van der Waals surface area contributed by atoms with Gasteiger partial charge >= 0.3 is 0 Å². The van der Waals surface area contributed by atoms with Crippen LogP contribution in [-0.2, 0) is 24.2 Å². The van der Waals surface area contributed by atoms with Crippen molar-refractivity contribution in [3.8, 4) is 5.75 Å². The van der Waals surface area contributed by atoms with Crippen LogP contribution in [0.2, 0.25) is 0 Å². The van der Waals surface area contributed by atoms with Gasteiger partial charge in [-0.05, 0) is 60.4 Å². The van der Waals surface area contributed by atoms with E-state index >= 15 is 0 Å². The van der Waals surface area contributed by atoms with Crippen molar-refractivity contribution in [1.29, 1.82) is 0 Å². The van der Waals surface area contributed by atoms with E-state index in [1.807, 2.05) is 72.5 Å². The highest BCUT2D eigenvalue weighted by molar-refractivity contribution is 6.07. The number of hydrogen-bond donors (Lipinski definition) is 1. The number of methoxy groups -OCH3 is 1. The number of ether oxygens (including phenoxy) is 1. The number of nitrogens with zero attached hydrogens (tertiary/aromatic N) is 1. The van der Waals surface area contributed by atoms with Crippen molar-refractivity contribution in [2.45, 2.75) is 26.3 Å². The van der Waals surface area contributed by atoms with Crippen LogP contribution >= 0.6 is 0 Å². The van der Waals surface area contributed by atoms with Gasteiger partial charge in [0.15, 0.2) is 0 Å². The van der Waals surface area contributed by atoms with E-state index in [1.54, 1.807) is 7.11 Å². The van der Waals surface area contributed by atoms with Crippen molar-refractivity contribution in [1.82, 2.24) is 5.32 Å². The summed E-state index contributed by atoms with van der Waals surface area (Å²) in [4.78, 5) is 27.2. The van der Waals surface area contributed by atoms with Gasteiger partial charge in [0.25, 0.3) is 5.91 Å². The predicted molar refractivity (Wildman–Crippen MR) is 122 cm³/mol. The molecule has 3 aromatic carbocycles. The van der Waals surface area contributed by atoms with Gasteiger partial charge in [-0.2, -0.15) is 0 Å². The number of anilines is 1. The number of fused-ring (bicyclic) bond motifs is 1. The minimum Gasteiger partial charge on any atom is -0.497 e. The Kier molecular flexibility index (Phi) is 6.03. The van der Waals surface area contributed by atoms with Crippen molar-refractivity contribution in [2.75, 3.05) is 18.6 Å². The normalized spacial score (nSPS) is 12.4. The van der Waals surface area contributed by atoms with E-state index in [-0.39, 0.29) is 11.8 Å². The lowest BCUT2D eigenvalue weighted by atomic mass is 10.1. The van der Waals surface area contributed by atoms with Crippen LogP contribution in [0.15, 0.2) is 66.7 Å². The van der Waals surface area contributed by atoms with E-state index in [1.165, 1.54) is 0 Å². The molecule has 0 atom stereocenters. The maximum atomic E-state index is 13.0. The van der Waals surface area contributed by atoms with Crippen LogP contribution in [0, 0.1) is 6.92 Å². The molecule has 1 aliphatic rings. The number of carbonyl (C=O) groups is 2.